The average Bonchev–Trinajstić information content (AvgIpc) is 2.78. The Balaban J connectivity index is 1.61. The molecule has 31 heavy (non-hydrogen) atoms. The molecule has 0 fully saturated rings. The maximum absolute atomic E-state index is 12.6. The molecule has 0 saturated heterocycles. The van der Waals surface area contributed by atoms with Crippen LogP contribution in [0.15, 0.2) is 85.1 Å². The molecule has 2 N–H and O–H groups in total. The van der Waals surface area contributed by atoms with Gasteiger partial charge in [0.15, 0.2) is 5.82 Å². The molecular formula is C25H20N3O3-. The van der Waals surface area contributed by atoms with Crippen molar-refractivity contribution >= 4 is 11.7 Å². The van der Waals surface area contributed by atoms with Crippen LogP contribution in [-0.4, -0.2) is 21.0 Å². The summed E-state index contributed by atoms with van der Waals surface area (Å²) in [5.74, 6) is 0.259. The Hall–Kier alpha value is -4.19. The highest BCUT2D eigenvalue weighted by Gasteiger charge is 2.13. The molecule has 6 heteroatoms. The van der Waals surface area contributed by atoms with Crippen LogP contribution >= 0.6 is 0 Å². The van der Waals surface area contributed by atoms with E-state index in [1.165, 1.54) is 12.1 Å². The van der Waals surface area contributed by atoms with Crippen LogP contribution in [0.3, 0.4) is 0 Å². The summed E-state index contributed by atoms with van der Waals surface area (Å²) >= 11 is 0. The Labute approximate surface area is 179 Å². The third-order valence-electron chi connectivity index (χ3n) is 4.77. The number of hydrogen-bond donors (Lipinski definition) is 2. The van der Waals surface area contributed by atoms with Gasteiger partial charge >= 0.3 is 0 Å². The van der Waals surface area contributed by atoms with Gasteiger partial charge in [0.25, 0.3) is 0 Å². The number of carbonyl (C=O) groups excluding carboxylic acids is 1. The van der Waals surface area contributed by atoms with E-state index in [9.17, 15) is 15.0 Å². The number of aromatic hydroxyl groups is 1. The maximum atomic E-state index is 12.6. The summed E-state index contributed by atoms with van der Waals surface area (Å²) in [7, 11) is 0. The van der Waals surface area contributed by atoms with Gasteiger partial charge in [0.05, 0.1) is 24.0 Å². The molecule has 154 valence electrons. The minimum absolute atomic E-state index is 0.0701. The first-order valence-electron chi connectivity index (χ1n) is 9.82. The molecule has 4 aromatic rings. The van der Waals surface area contributed by atoms with Crippen LogP contribution in [0, 0.1) is 0 Å². The molecule has 4 rings (SSSR count). The molecule has 0 aliphatic rings. The van der Waals surface area contributed by atoms with Gasteiger partial charge in [-0.3, -0.25) is 4.79 Å². The number of anilines is 1. The number of phenolic OH excluding ortho intramolecular Hbond substituents is 1. The molecule has 1 amide bonds. The first-order chi connectivity index (χ1) is 15.1. The minimum atomic E-state index is -0.224. The van der Waals surface area contributed by atoms with Crippen LogP contribution in [0.25, 0.3) is 11.3 Å². The molecule has 1 heterocycles. The zero-order valence-electron chi connectivity index (χ0n) is 16.7. The van der Waals surface area contributed by atoms with Gasteiger partial charge in [-0.2, -0.15) is 0 Å². The Morgan fingerprint density at radius 2 is 1.61 bits per heavy atom. The van der Waals surface area contributed by atoms with Crippen molar-refractivity contribution in [3.8, 4) is 22.8 Å². The molecule has 0 aliphatic heterocycles. The van der Waals surface area contributed by atoms with E-state index in [0.29, 0.717) is 23.6 Å². The van der Waals surface area contributed by atoms with Crippen molar-refractivity contribution in [1.82, 2.24) is 9.97 Å². The number of benzene rings is 3. The van der Waals surface area contributed by atoms with E-state index in [4.69, 9.17) is 4.98 Å². The molecule has 0 radical (unpaired) electrons. The lowest BCUT2D eigenvalue weighted by Crippen LogP contribution is -2.17. The van der Waals surface area contributed by atoms with Crippen molar-refractivity contribution in [2.75, 3.05) is 5.32 Å². The van der Waals surface area contributed by atoms with Crippen LogP contribution in [0.5, 0.6) is 11.5 Å². The van der Waals surface area contributed by atoms with Crippen molar-refractivity contribution in [1.29, 1.82) is 0 Å². The van der Waals surface area contributed by atoms with E-state index in [2.05, 4.69) is 10.3 Å². The summed E-state index contributed by atoms with van der Waals surface area (Å²) in [6, 6.07) is 22.7. The highest BCUT2D eigenvalue weighted by molar-refractivity contribution is 5.92. The largest absolute Gasteiger partial charge is 0.872 e. The van der Waals surface area contributed by atoms with E-state index in [1.807, 2.05) is 30.3 Å². The molecule has 0 unspecified atom stereocenters. The fourth-order valence-corrected chi connectivity index (χ4v) is 3.18. The monoisotopic (exact) mass is 410 g/mol. The number of amides is 1. The minimum Gasteiger partial charge on any atom is -0.872 e. The van der Waals surface area contributed by atoms with Gasteiger partial charge < -0.3 is 15.5 Å². The SMILES string of the molecule is O=C(Cc1ccc(O)cc1)Nc1ncc(-c2ccc([O-])cc2)nc1Cc1ccccc1. The number of aromatic nitrogens is 2. The molecule has 0 aliphatic carbocycles. The first-order valence-corrected chi connectivity index (χ1v) is 9.82. The summed E-state index contributed by atoms with van der Waals surface area (Å²) in [5.41, 5.74) is 3.86. The van der Waals surface area contributed by atoms with Gasteiger partial charge in [-0.05, 0) is 23.3 Å². The van der Waals surface area contributed by atoms with E-state index >= 15 is 0 Å². The second kappa shape index (κ2) is 9.09. The smallest absolute Gasteiger partial charge is 0.229 e. The van der Waals surface area contributed by atoms with Crippen LogP contribution in [0.4, 0.5) is 5.82 Å². The van der Waals surface area contributed by atoms with Gasteiger partial charge in [0.1, 0.15) is 5.75 Å². The normalized spacial score (nSPS) is 10.6. The van der Waals surface area contributed by atoms with Crippen molar-refractivity contribution < 1.29 is 15.0 Å². The zero-order chi connectivity index (χ0) is 21.6. The summed E-state index contributed by atoms with van der Waals surface area (Å²) in [5, 5.41) is 23.7. The van der Waals surface area contributed by atoms with Crippen LogP contribution < -0.4 is 10.4 Å². The second-order valence-electron chi connectivity index (χ2n) is 7.13. The maximum Gasteiger partial charge on any atom is 0.229 e. The number of carbonyl (C=O) groups is 1. The molecule has 0 spiro atoms. The van der Waals surface area contributed by atoms with E-state index < -0.39 is 0 Å². The highest BCUT2D eigenvalue weighted by Crippen LogP contribution is 2.23. The zero-order valence-corrected chi connectivity index (χ0v) is 16.7. The molecule has 1 aromatic heterocycles. The quantitative estimate of drug-likeness (QED) is 0.505. The standard InChI is InChI=1S/C25H21N3O3/c29-20-10-6-18(7-11-20)15-24(31)28-25-22(14-17-4-2-1-3-5-17)27-23(16-26-25)19-8-12-21(30)13-9-19/h1-13,16,29-30H,14-15H2,(H,26,28,31)/p-1. The number of hydrogen-bond acceptors (Lipinski definition) is 5. The van der Waals surface area contributed by atoms with E-state index in [1.54, 1.807) is 42.6 Å². The Bertz CT molecular complexity index is 1180. The molecule has 0 atom stereocenters. The number of nitrogens with zero attached hydrogens (tertiary/aromatic N) is 2. The third-order valence-corrected chi connectivity index (χ3v) is 4.77. The summed E-state index contributed by atoms with van der Waals surface area (Å²) in [4.78, 5) is 21.8. The van der Waals surface area contributed by atoms with E-state index in [0.717, 1.165) is 16.7 Å². The van der Waals surface area contributed by atoms with Gasteiger partial charge in [-0.25, -0.2) is 9.97 Å². The fourth-order valence-electron chi connectivity index (χ4n) is 3.18. The second-order valence-corrected chi connectivity index (χ2v) is 7.13. The number of rotatable bonds is 6. The predicted molar refractivity (Wildman–Crippen MR) is 117 cm³/mol. The Morgan fingerprint density at radius 1 is 0.903 bits per heavy atom. The van der Waals surface area contributed by atoms with Crippen molar-refractivity contribution in [2.24, 2.45) is 0 Å². The van der Waals surface area contributed by atoms with Gasteiger partial charge in [0.2, 0.25) is 5.91 Å². The summed E-state index contributed by atoms with van der Waals surface area (Å²) in [6.45, 7) is 0. The molecule has 0 saturated carbocycles. The topological polar surface area (TPSA) is 98.2 Å². The lowest BCUT2D eigenvalue weighted by molar-refractivity contribution is -0.268. The summed E-state index contributed by atoms with van der Waals surface area (Å²) in [6.07, 6.45) is 2.24. The average molecular weight is 410 g/mol. The van der Waals surface area contributed by atoms with Crippen molar-refractivity contribution in [2.45, 2.75) is 12.8 Å². The lowest BCUT2D eigenvalue weighted by atomic mass is 10.1. The van der Waals surface area contributed by atoms with Gasteiger partial charge in [0, 0.05) is 12.0 Å². The molecule has 3 aromatic carbocycles. The Morgan fingerprint density at radius 3 is 2.32 bits per heavy atom. The highest BCUT2D eigenvalue weighted by atomic mass is 16.3. The van der Waals surface area contributed by atoms with Crippen LogP contribution in [-0.2, 0) is 17.6 Å². The van der Waals surface area contributed by atoms with Gasteiger partial charge in [-0.1, -0.05) is 66.7 Å². The van der Waals surface area contributed by atoms with Crippen molar-refractivity contribution in [3.63, 3.8) is 0 Å². The summed E-state index contributed by atoms with van der Waals surface area (Å²) < 4.78 is 0. The molecular weight excluding hydrogens is 390 g/mol. The Kier molecular flexibility index (Phi) is 5.89. The number of nitrogens with one attached hydrogen (secondary N) is 1. The van der Waals surface area contributed by atoms with Crippen LogP contribution in [0.1, 0.15) is 16.8 Å². The van der Waals surface area contributed by atoms with Crippen LogP contribution in [0.2, 0.25) is 0 Å². The van der Waals surface area contributed by atoms with Gasteiger partial charge in [-0.15, -0.1) is 5.75 Å². The molecule has 0 bridgehead atoms. The van der Waals surface area contributed by atoms with E-state index in [-0.39, 0.29) is 23.8 Å². The number of phenols is 1. The lowest BCUT2D eigenvalue weighted by Gasteiger charge is -2.12. The predicted octanol–water partition coefficient (Wildman–Crippen LogP) is 3.69. The van der Waals surface area contributed by atoms with Crippen molar-refractivity contribution in [3.05, 3.63) is 102 Å². The third kappa shape index (κ3) is 5.25. The first kappa shape index (κ1) is 20.1. The fraction of sp³-hybridized carbons (Fsp3) is 0.0800. The molecule has 6 nitrogen and oxygen atoms in total.